The minimum Gasteiger partial charge on any atom is -0.140 e. The molecule has 1 aliphatic rings. The van der Waals surface area contributed by atoms with Crippen LogP contribution in [0.15, 0.2) is 35.2 Å². The van der Waals surface area contributed by atoms with Crippen LogP contribution in [-0.4, -0.2) is 5.25 Å². The number of thiophene rings is 1. The Hall–Kier alpha value is -0.990. The Bertz CT molecular complexity index is 767. The van der Waals surface area contributed by atoms with Gasteiger partial charge in [0.05, 0.1) is 0 Å². The van der Waals surface area contributed by atoms with Crippen LogP contribution in [0, 0.1) is 6.92 Å². The van der Waals surface area contributed by atoms with Gasteiger partial charge < -0.3 is 0 Å². The van der Waals surface area contributed by atoms with E-state index >= 15 is 0 Å². The van der Waals surface area contributed by atoms with E-state index in [2.05, 4.69) is 44.2 Å². The molecule has 3 aromatic rings. The maximum atomic E-state index is 2.34. The minimum atomic E-state index is 0.728. The molecule has 0 aliphatic carbocycles. The number of hydrogen-bond donors (Lipinski definition) is 0. The molecule has 18 heavy (non-hydrogen) atoms. The summed E-state index contributed by atoms with van der Waals surface area (Å²) in [6.45, 7) is 4.52. The lowest BCUT2D eigenvalue weighted by molar-refractivity contribution is 0.962. The van der Waals surface area contributed by atoms with Crippen molar-refractivity contribution in [3.8, 4) is 0 Å². The van der Waals surface area contributed by atoms with Crippen LogP contribution in [0.5, 0.6) is 0 Å². The first-order chi connectivity index (χ1) is 8.72. The summed E-state index contributed by atoms with van der Waals surface area (Å²) in [5.74, 6) is 0. The van der Waals surface area contributed by atoms with Crippen LogP contribution in [-0.2, 0) is 6.42 Å². The second kappa shape index (κ2) is 3.75. The standard InChI is InChI=1S/C16H14S2/c1-9-7-11-3-5-14-13(15(11)17-9)6-4-12-8-10(2)18-16(12)14/h3-7,10H,8H2,1-2H3. The molecule has 0 spiro atoms. The molecule has 0 N–H and O–H groups in total. The van der Waals surface area contributed by atoms with E-state index in [0.717, 1.165) is 5.25 Å². The fraction of sp³-hybridized carbons (Fsp3) is 0.250. The molecule has 90 valence electrons. The largest absolute Gasteiger partial charge is 0.140 e. The van der Waals surface area contributed by atoms with E-state index in [1.807, 2.05) is 23.1 Å². The summed E-state index contributed by atoms with van der Waals surface area (Å²) in [7, 11) is 0. The molecule has 1 aromatic heterocycles. The highest BCUT2D eigenvalue weighted by molar-refractivity contribution is 8.00. The summed E-state index contributed by atoms with van der Waals surface area (Å²) in [5, 5.41) is 5.01. The Labute approximate surface area is 115 Å². The van der Waals surface area contributed by atoms with Crippen LogP contribution in [0.1, 0.15) is 17.4 Å². The number of benzene rings is 2. The third-order valence-corrected chi connectivity index (χ3v) is 6.05. The molecule has 0 fully saturated rings. The molecule has 0 nitrogen and oxygen atoms in total. The predicted octanol–water partition coefficient (Wildman–Crippen LogP) is 5.40. The minimum absolute atomic E-state index is 0.728. The predicted molar refractivity (Wildman–Crippen MR) is 83.1 cm³/mol. The van der Waals surface area contributed by atoms with Gasteiger partial charge in [-0.15, -0.1) is 23.1 Å². The molecule has 1 atom stereocenters. The van der Waals surface area contributed by atoms with Gasteiger partial charge in [0.1, 0.15) is 0 Å². The highest BCUT2D eigenvalue weighted by Gasteiger charge is 2.21. The maximum absolute atomic E-state index is 2.34. The van der Waals surface area contributed by atoms with Gasteiger partial charge in [0.2, 0.25) is 0 Å². The quantitative estimate of drug-likeness (QED) is 0.527. The van der Waals surface area contributed by atoms with Gasteiger partial charge in [-0.2, -0.15) is 0 Å². The lowest BCUT2D eigenvalue weighted by Gasteiger charge is -2.05. The van der Waals surface area contributed by atoms with Crippen LogP contribution in [0.2, 0.25) is 0 Å². The second-order valence-electron chi connectivity index (χ2n) is 5.12. The van der Waals surface area contributed by atoms with Gasteiger partial charge >= 0.3 is 0 Å². The van der Waals surface area contributed by atoms with Crippen LogP contribution in [0.3, 0.4) is 0 Å². The Morgan fingerprint density at radius 3 is 2.83 bits per heavy atom. The van der Waals surface area contributed by atoms with Gasteiger partial charge in [-0.25, -0.2) is 0 Å². The van der Waals surface area contributed by atoms with Crippen molar-refractivity contribution >= 4 is 44.0 Å². The smallest absolute Gasteiger partial charge is 0.0424 e. The van der Waals surface area contributed by atoms with Crippen molar-refractivity contribution in [2.45, 2.75) is 30.4 Å². The summed E-state index contributed by atoms with van der Waals surface area (Å²) >= 11 is 3.96. The fourth-order valence-corrected chi connectivity index (χ4v) is 5.22. The molecular weight excluding hydrogens is 256 g/mol. The van der Waals surface area contributed by atoms with E-state index in [1.165, 1.54) is 42.6 Å². The van der Waals surface area contributed by atoms with Crippen molar-refractivity contribution < 1.29 is 0 Å². The van der Waals surface area contributed by atoms with E-state index in [0.29, 0.717) is 0 Å². The van der Waals surface area contributed by atoms with Crippen molar-refractivity contribution in [3.05, 3.63) is 40.8 Å². The first kappa shape index (κ1) is 10.9. The Morgan fingerprint density at radius 2 is 1.94 bits per heavy atom. The van der Waals surface area contributed by atoms with Crippen molar-refractivity contribution in [1.29, 1.82) is 0 Å². The molecular formula is C16H14S2. The van der Waals surface area contributed by atoms with Gasteiger partial charge in [-0.05, 0) is 35.7 Å². The SMILES string of the molecule is Cc1cc2ccc3c4c(ccc3c2s1)CC(C)S4. The van der Waals surface area contributed by atoms with Gasteiger partial charge in [-0.3, -0.25) is 0 Å². The Morgan fingerprint density at radius 1 is 1.11 bits per heavy atom. The molecule has 0 amide bonds. The summed E-state index contributed by atoms with van der Waals surface area (Å²) in [4.78, 5) is 2.92. The lowest BCUT2D eigenvalue weighted by Crippen LogP contribution is -1.90. The van der Waals surface area contributed by atoms with E-state index in [4.69, 9.17) is 0 Å². The van der Waals surface area contributed by atoms with Crippen LogP contribution in [0.25, 0.3) is 20.9 Å². The number of fused-ring (bicyclic) bond motifs is 5. The van der Waals surface area contributed by atoms with E-state index in [9.17, 15) is 0 Å². The van der Waals surface area contributed by atoms with Crippen molar-refractivity contribution in [1.82, 2.24) is 0 Å². The normalized spacial score (nSPS) is 18.7. The van der Waals surface area contributed by atoms with Crippen molar-refractivity contribution in [3.63, 3.8) is 0 Å². The monoisotopic (exact) mass is 270 g/mol. The summed E-state index contributed by atoms with van der Waals surface area (Å²) in [6, 6.07) is 11.6. The highest BCUT2D eigenvalue weighted by Crippen LogP contribution is 2.44. The maximum Gasteiger partial charge on any atom is 0.0424 e. The average molecular weight is 270 g/mol. The Kier molecular flexibility index (Phi) is 2.27. The number of rotatable bonds is 0. The van der Waals surface area contributed by atoms with Crippen molar-refractivity contribution in [2.24, 2.45) is 0 Å². The third-order valence-electron chi connectivity index (χ3n) is 3.66. The molecule has 0 bridgehead atoms. The summed E-state index contributed by atoms with van der Waals surface area (Å²) in [6.07, 6.45) is 1.22. The lowest BCUT2D eigenvalue weighted by atomic mass is 10.0. The zero-order valence-electron chi connectivity index (χ0n) is 10.5. The highest BCUT2D eigenvalue weighted by atomic mass is 32.2. The molecule has 0 radical (unpaired) electrons. The zero-order valence-corrected chi connectivity index (χ0v) is 12.1. The summed E-state index contributed by atoms with van der Waals surface area (Å²) < 4.78 is 1.45. The number of hydrogen-bond acceptors (Lipinski definition) is 2. The molecule has 1 unspecified atom stereocenters. The Balaban J connectivity index is 2.13. The van der Waals surface area contributed by atoms with Gasteiger partial charge in [-0.1, -0.05) is 31.2 Å². The van der Waals surface area contributed by atoms with Crippen LogP contribution < -0.4 is 0 Å². The zero-order chi connectivity index (χ0) is 12.3. The molecule has 0 saturated carbocycles. The first-order valence-corrected chi connectivity index (χ1v) is 8.03. The van der Waals surface area contributed by atoms with Crippen LogP contribution >= 0.6 is 23.1 Å². The van der Waals surface area contributed by atoms with E-state index in [1.54, 1.807) is 0 Å². The third kappa shape index (κ3) is 1.45. The van der Waals surface area contributed by atoms with Crippen molar-refractivity contribution in [2.75, 3.05) is 0 Å². The summed E-state index contributed by atoms with van der Waals surface area (Å²) in [5.41, 5.74) is 1.53. The molecule has 4 rings (SSSR count). The number of aryl methyl sites for hydroxylation is 1. The molecule has 2 heteroatoms. The molecule has 0 saturated heterocycles. The van der Waals surface area contributed by atoms with Crippen LogP contribution in [0.4, 0.5) is 0 Å². The number of thioether (sulfide) groups is 1. The average Bonchev–Trinajstić information content (AvgIpc) is 2.89. The topological polar surface area (TPSA) is 0 Å². The molecule has 1 aliphatic heterocycles. The van der Waals surface area contributed by atoms with Gasteiger partial charge in [0, 0.05) is 25.1 Å². The van der Waals surface area contributed by atoms with Gasteiger partial charge in [0.25, 0.3) is 0 Å². The molecule has 2 aromatic carbocycles. The fourth-order valence-electron chi connectivity index (χ4n) is 2.90. The second-order valence-corrected chi connectivity index (χ2v) is 7.83. The van der Waals surface area contributed by atoms with E-state index < -0.39 is 0 Å². The van der Waals surface area contributed by atoms with E-state index in [-0.39, 0.29) is 0 Å². The van der Waals surface area contributed by atoms with Gasteiger partial charge in [0.15, 0.2) is 0 Å². The molecule has 2 heterocycles. The first-order valence-electron chi connectivity index (χ1n) is 6.34.